The molecule has 3 fully saturated rings. The van der Waals surface area contributed by atoms with Crippen molar-refractivity contribution in [1.82, 2.24) is 4.90 Å². The van der Waals surface area contributed by atoms with Crippen molar-refractivity contribution in [2.45, 2.75) is 56.4 Å². The Balaban J connectivity index is 1.59. The van der Waals surface area contributed by atoms with E-state index in [1.165, 1.54) is 6.07 Å². The standard InChI is InChI=1S/C21H25F3N4O4/c22-21(23,24)15-10-12(4-7-16(15)27-8-9-32-11-17(27)29)26-20(31)18(19(25)30)28(14-5-6-14)13-2-1-3-13/h4,7,10,13-14,18H,1-3,5-6,8-9,11H2,(H2,25,30)(H,26,31)/t18-/m0/s1. The molecule has 3 amide bonds. The summed E-state index contributed by atoms with van der Waals surface area (Å²) in [5.41, 5.74) is 4.05. The third kappa shape index (κ3) is 4.58. The second kappa shape index (κ2) is 8.70. The predicted octanol–water partition coefficient (Wildman–Crippen LogP) is 1.88. The first-order chi connectivity index (χ1) is 15.2. The van der Waals surface area contributed by atoms with Crippen LogP contribution in [0, 0.1) is 0 Å². The third-order valence-corrected chi connectivity index (χ3v) is 6.13. The van der Waals surface area contributed by atoms with E-state index in [0.717, 1.165) is 49.1 Å². The minimum Gasteiger partial charge on any atom is -0.370 e. The molecule has 174 valence electrons. The number of morpholine rings is 1. The smallest absolute Gasteiger partial charge is 0.370 e. The van der Waals surface area contributed by atoms with Gasteiger partial charge in [-0.2, -0.15) is 13.2 Å². The first-order valence-electron chi connectivity index (χ1n) is 10.6. The first-order valence-corrected chi connectivity index (χ1v) is 10.6. The summed E-state index contributed by atoms with van der Waals surface area (Å²) in [4.78, 5) is 40.0. The number of alkyl halides is 3. The quantitative estimate of drug-likeness (QED) is 0.612. The van der Waals surface area contributed by atoms with Crippen LogP contribution in [0.1, 0.15) is 37.7 Å². The van der Waals surface area contributed by atoms with E-state index in [-0.39, 0.29) is 43.2 Å². The van der Waals surface area contributed by atoms with Crippen LogP contribution in [0.2, 0.25) is 0 Å². The number of carbonyl (C=O) groups is 3. The number of halogens is 3. The average Bonchev–Trinajstić information content (AvgIpc) is 3.51. The first kappa shape index (κ1) is 22.5. The topological polar surface area (TPSA) is 105 Å². The molecule has 8 nitrogen and oxygen atoms in total. The van der Waals surface area contributed by atoms with Crippen molar-refractivity contribution >= 4 is 29.1 Å². The molecule has 1 aromatic carbocycles. The van der Waals surface area contributed by atoms with E-state index in [2.05, 4.69) is 5.32 Å². The van der Waals surface area contributed by atoms with E-state index >= 15 is 0 Å². The number of ether oxygens (including phenoxy) is 1. The molecule has 1 aliphatic heterocycles. The number of benzene rings is 1. The highest BCUT2D eigenvalue weighted by molar-refractivity contribution is 6.10. The lowest BCUT2D eigenvalue weighted by Gasteiger charge is -2.41. The molecular weight excluding hydrogens is 429 g/mol. The van der Waals surface area contributed by atoms with Gasteiger partial charge < -0.3 is 20.7 Å². The molecule has 1 heterocycles. The molecule has 0 radical (unpaired) electrons. The number of nitrogens with one attached hydrogen (secondary N) is 1. The number of amides is 3. The van der Waals surface area contributed by atoms with Gasteiger partial charge in [-0.1, -0.05) is 6.42 Å². The molecule has 0 bridgehead atoms. The number of anilines is 2. The third-order valence-electron chi connectivity index (χ3n) is 6.13. The van der Waals surface area contributed by atoms with E-state index in [1.807, 2.05) is 4.90 Å². The number of primary amides is 1. The Morgan fingerprint density at radius 1 is 1.19 bits per heavy atom. The van der Waals surface area contributed by atoms with Crippen LogP contribution in [0.25, 0.3) is 0 Å². The monoisotopic (exact) mass is 454 g/mol. The van der Waals surface area contributed by atoms with Gasteiger partial charge in [-0.25, -0.2) is 0 Å². The lowest BCUT2D eigenvalue weighted by molar-refractivity contribution is -0.138. The molecule has 1 atom stereocenters. The van der Waals surface area contributed by atoms with Crippen molar-refractivity contribution in [1.29, 1.82) is 0 Å². The predicted molar refractivity (Wildman–Crippen MR) is 109 cm³/mol. The highest BCUT2D eigenvalue weighted by atomic mass is 19.4. The maximum absolute atomic E-state index is 13.8. The van der Waals surface area contributed by atoms with Crippen molar-refractivity contribution in [3.8, 4) is 0 Å². The molecule has 0 unspecified atom stereocenters. The fourth-order valence-electron chi connectivity index (χ4n) is 4.25. The number of carbonyl (C=O) groups excluding carboxylic acids is 3. The lowest BCUT2D eigenvalue weighted by atomic mass is 9.89. The molecule has 11 heteroatoms. The molecule has 2 aliphatic carbocycles. The van der Waals surface area contributed by atoms with Gasteiger partial charge in [-0.15, -0.1) is 0 Å². The van der Waals surface area contributed by atoms with Crippen molar-refractivity contribution in [2.24, 2.45) is 5.73 Å². The van der Waals surface area contributed by atoms with Crippen LogP contribution in [0.4, 0.5) is 24.5 Å². The molecule has 3 N–H and O–H groups in total. The maximum atomic E-state index is 13.8. The Kier molecular flexibility index (Phi) is 6.13. The van der Waals surface area contributed by atoms with Gasteiger partial charge in [-0.05, 0) is 43.9 Å². The molecule has 2 saturated carbocycles. The van der Waals surface area contributed by atoms with Gasteiger partial charge in [0.05, 0.1) is 17.9 Å². The van der Waals surface area contributed by atoms with Crippen molar-refractivity contribution in [3.05, 3.63) is 23.8 Å². The van der Waals surface area contributed by atoms with Crippen molar-refractivity contribution in [3.63, 3.8) is 0 Å². The Hall–Kier alpha value is -2.66. The van der Waals surface area contributed by atoms with Gasteiger partial charge in [0.1, 0.15) is 6.61 Å². The van der Waals surface area contributed by atoms with Gasteiger partial charge in [-0.3, -0.25) is 19.3 Å². The summed E-state index contributed by atoms with van der Waals surface area (Å²) in [6.45, 7) is -0.177. The van der Waals surface area contributed by atoms with Crippen LogP contribution in [0.15, 0.2) is 18.2 Å². The van der Waals surface area contributed by atoms with Gasteiger partial charge in [0.25, 0.3) is 11.8 Å². The largest absolute Gasteiger partial charge is 0.418 e. The summed E-state index contributed by atoms with van der Waals surface area (Å²) in [6.07, 6.45) is -0.342. The van der Waals surface area contributed by atoms with Crippen LogP contribution in [0.5, 0.6) is 0 Å². The average molecular weight is 454 g/mol. The number of hydrogen-bond donors (Lipinski definition) is 2. The van der Waals surface area contributed by atoms with E-state index < -0.39 is 35.5 Å². The maximum Gasteiger partial charge on any atom is 0.418 e. The summed E-state index contributed by atoms with van der Waals surface area (Å²) in [5, 5.41) is 2.43. The van der Waals surface area contributed by atoms with E-state index in [4.69, 9.17) is 10.5 Å². The molecule has 3 aliphatic rings. The molecular formula is C21H25F3N4O4. The van der Waals surface area contributed by atoms with Gasteiger partial charge in [0, 0.05) is 24.3 Å². The highest BCUT2D eigenvalue weighted by Gasteiger charge is 2.45. The fourth-order valence-corrected chi connectivity index (χ4v) is 4.25. The second-order valence-corrected chi connectivity index (χ2v) is 8.38. The van der Waals surface area contributed by atoms with Crippen LogP contribution >= 0.6 is 0 Å². The Morgan fingerprint density at radius 3 is 2.41 bits per heavy atom. The number of nitrogens with two attached hydrogens (primary N) is 1. The molecule has 1 aromatic rings. The number of hydrogen-bond acceptors (Lipinski definition) is 5. The number of nitrogens with zero attached hydrogens (tertiary/aromatic N) is 2. The van der Waals surface area contributed by atoms with E-state index in [0.29, 0.717) is 0 Å². The molecule has 0 spiro atoms. The zero-order valence-electron chi connectivity index (χ0n) is 17.4. The van der Waals surface area contributed by atoms with Gasteiger partial charge in [0.2, 0.25) is 5.91 Å². The van der Waals surface area contributed by atoms with Crippen molar-refractivity contribution < 1.29 is 32.3 Å². The molecule has 1 saturated heterocycles. The summed E-state index contributed by atoms with van der Waals surface area (Å²) in [7, 11) is 0. The normalized spacial score (nSPS) is 20.8. The Bertz CT molecular complexity index is 915. The second-order valence-electron chi connectivity index (χ2n) is 8.38. The summed E-state index contributed by atoms with van der Waals surface area (Å²) in [5.74, 6) is -2.15. The van der Waals surface area contributed by atoms with Gasteiger partial charge in [0.15, 0.2) is 6.04 Å². The lowest BCUT2D eigenvalue weighted by Crippen LogP contribution is -2.58. The SMILES string of the molecule is NC(=O)[C@@H](C(=O)Nc1ccc(N2CCOCC2=O)c(C(F)(F)F)c1)N(C1CCC1)C1CC1. The van der Waals surface area contributed by atoms with Crippen LogP contribution in [0.3, 0.4) is 0 Å². The van der Waals surface area contributed by atoms with Crippen molar-refractivity contribution in [2.75, 3.05) is 30.0 Å². The Labute approximate surface area is 182 Å². The van der Waals surface area contributed by atoms with Crippen LogP contribution in [-0.4, -0.2) is 60.5 Å². The minimum atomic E-state index is -4.76. The Morgan fingerprint density at radius 2 is 1.88 bits per heavy atom. The van der Waals surface area contributed by atoms with Gasteiger partial charge >= 0.3 is 6.18 Å². The number of rotatable bonds is 7. The highest BCUT2D eigenvalue weighted by Crippen LogP contribution is 2.40. The summed E-state index contributed by atoms with van der Waals surface area (Å²) >= 11 is 0. The molecule has 32 heavy (non-hydrogen) atoms. The van der Waals surface area contributed by atoms with Crippen LogP contribution in [-0.2, 0) is 25.3 Å². The van der Waals surface area contributed by atoms with Crippen LogP contribution < -0.4 is 16.0 Å². The van der Waals surface area contributed by atoms with E-state index in [9.17, 15) is 27.6 Å². The minimum absolute atomic E-state index is 0.00486. The molecule has 4 rings (SSSR count). The summed E-state index contributed by atoms with van der Waals surface area (Å²) < 4.78 is 46.3. The zero-order chi connectivity index (χ0) is 23.0. The van der Waals surface area contributed by atoms with E-state index in [1.54, 1.807) is 0 Å². The zero-order valence-corrected chi connectivity index (χ0v) is 17.4. The fraction of sp³-hybridized carbons (Fsp3) is 0.571. The molecule has 0 aromatic heterocycles. The summed E-state index contributed by atoms with van der Waals surface area (Å²) in [6, 6.07) is 2.12.